The monoisotopic (exact) mass is 436 g/mol. The van der Waals surface area contributed by atoms with Gasteiger partial charge in [0.05, 0.1) is 18.9 Å². The molecule has 31 heavy (non-hydrogen) atoms. The molecule has 0 fully saturated rings. The predicted molar refractivity (Wildman–Crippen MR) is 123 cm³/mol. The summed E-state index contributed by atoms with van der Waals surface area (Å²) < 4.78 is 7.11. The number of ether oxygens (including phenoxy) is 1. The van der Waals surface area contributed by atoms with E-state index < -0.39 is 0 Å². The third kappa shape index (κ3) is 4.93. The van der Waals surface area contributed by atoms with Gasteiger partial charge in [-0.15, -0.1) is 10.2 Å². The van der Waals surface area contributed by atoms with Gasteiger partial charge in [-0.25, -0.2) is 0 Å². The molecule has 1 heterocycles. The van der Waals surface area contributed by atoms with E-state index in [4.69, 9.17) is 4.74 Å². The van der Waals surface area contributed by atoms with Crippen molar-refractivity contribution < 1.29 is 9.53 Å². The van der Waals surface area contributed by atoms with E-state index in [2.05, 4.69) is 33.7 Å². The van der Waals surface area contributed by atoms with Gasteiger partial charge < -0.3 is 14.6 Å². The molecule has 1 amide bonds. The van der Waals surface area contributed by atoms with E-state index in [1.807, 2.05) is 42.8 Å². The summed E-state index contributed by atoms with van der Waals surface area (Å²) in [4.78, 5) is 12.5. The number of methoxy groups -OCH3 is 1. The van der Waals surface area contributed by atoms with Gasteiger partial charge in [0.2, 0.25) is 5.91 Å². The van der Waals surface area contributed by atoms with Gasteiger partial charge in [0.15, 0.2) is 11.0 Å². The van der Waals surface area contributed by atoms with Crippen LogP contribution in [-0.2, 0) is 24.7 Å². The summed E-state index contributed by atoms with van der Waals surface area (Å²) >= 11 is 1.39. The Labute approximate surface area is 187 Å². The fourth-order valence-electron chi connectivity index (χ4n) is 3.95. The van der Waals surface area contributed by atoms with Gasteiger partial charge in [-0.05, 0) is 73.6 Å². The molecule has 0 saturated heterocycles. The summed E-state index contributed by atoms with van der Waals surface area (Å²) in [6.07, 6.45) is 4.84. The first-order chi connectivity index (χ1) is 15.0. The van der Waals surface area contributed by atoms with E-state index in [0.717, 1.165) is 23.6 Å². The van der Waals surface area contributed by atoms with Gasteiger partial charge in [0, 0.05) is 12.6 Å². The van der Waals surface area contributed by atoms with Crippen molar-refractivity contribution in [1.29, 1.82) is 0 Å². The normalized spacial score (nSPS) is 14.0. The summed E-state index contributed by atoms with van der Waals surface area (Å²) in [5.41, 5.74) is 5.01. The zero-order chi connectivity index (χ0) is 21.8. The Morgan fingerprint density at radius 3 is 2.61 bits per heavy atom. The van der Waals surface area contributed by atoms with E-state index in [9.17, 15) is 4.79 Å². The molecule has 0 spiro atoms. The van der Waals surface area contributed by atoms with Crippen molar-refractivity contribution in [3.63, 3.8) is 0 Å². The third-order valence-corrected chi connectivity index (χ3v) is 6.79. The zero-order valence-electron chi connectivity index (χ0n) is 18.2. The quantitative estimate of drug-likeness (QED) is 0.558. The molecule has 7 heteroatoms. The maximum atomic E-state index is 12.5. The highest BCUT2D eigenvalue weighted by Gasteiger charge is 2.16. The Bertz CT molecular complexity index is 1060. The van der Waals surface area contributed by atoms with Gasteiger partial charge in [-0.2, -0.15) is 0 Å². The molecule has 0 saturated carbocycles. The number of hydrogen-bond donors (Lipinski definition) is 1. The Kier molecular flexibility index (Phi) is 6.61. The molecule has 1 aliphatic rings. The number of nitrogens with one attached hydrogen (secondary N) is 1. The van der Waals surface area contributed by atoms with Crippen LogP contribution in [0.5, 0.6) is 5.75 Å². The number of carbonyl (C=O) groups is 1. The molecular formula is C24H28N4O2S. The minimum Gasteiger partial charge on any atom is -0.497 e. The third-order valence-electron chi connectivity index (χ3n) is 5.77. The average Bonchev–Trinajstić information content (AvgIpc) is 3.17. The Hall–Kier alpha value is -2.80. The highest BCUT2D eigenvalue weighted by molar-refractivity contribution is 7.99. The number of amides is 1. The van der Waals surface area contributed by atoms with Crippen LogP contribution >= 0.6 is 11.8 Å². The number of rotatable bonds is 7. The summed E-state index contributed by atoms with van der Waals surface area (Å²) in [5, 5.41) is 12.4. The number of aryl methyl sites for hydroxylation is 2. The number of nitrogens with zero attached hydrogens (tertiary/aromatic N) is 3. The van der Waals surface area contributed by atoms with Gasteiger partial charge in [0.1, 0.15) is 5.75 Å². The minimum absolute atomic E-state index is 0.00998. The van der Waals surface area contributed by atoms with Crippen molar-refractivity contribution in [1.82, 2.24) is 20.1 Å². The van der Waals surface area contributed by atoms with Gasteiger partial charge in [-0.1, -0.05) is 30.0 Å². The maximum absolute atomic E-state index is 12.5. The lowest BCUT2D eigenvalue weighted by Gasteiger charge is -2.20. The van der Waals surface area contributed by atoms with Crippen molar-refractivity contribution in [2.75, 3.05) is 12.9 Å². The molecular weight excluding hydrogens is 408 g/mol. The van der Waals surface area contributed by atoms with E-state index in [0.29, 0.717) is 10.9 Å². The van der Waals surface area contributed by atoms with Gasteiger partial charge in [0.25, 0.3) is 0 Å². The van der Waals surface area contributed by atoms with Crippen molar-refractivity contribution in [3.05, 3.63) is 59.2 Å². The lowest BCUT2D eigenvalue weighted by Crippen LogP contribution is -2.28. The van der Waals surface area contributed by atoms with E-state index in [-0.39, 0.29) is 11.9 Å². The highest BCUT2D eigenvalue weighted by atomic mass is 32.2. The molecule has 0 radical (unpaired) electrons. The largest absolute Gasteiger partial charge is 0.497 e. The maximum Gasteiger partial charge on any atom is 0.230 e. The number of aromatic nitrogens is 3. The van der Waals surface area contributed by atoms with Crippen LogP contribution in [0.4, 0.5) is 0 Å². The summed E-state index contributed by atoms with van der Waals surface area (Å²) in [7, 11) is 3.55. The fraction of sp³-hybridized carbons (Fsp3) is 0.375. The second-order valence-corrected chi connectivity index (χ2v) is 8.85. The molecule has 4 rings (SSSR count). The van der Waals surface area contributed by atoms with Crippen LogP contribution < -0.4 is 10.1 Å². The fourth-order valence-corrected chi connectivity index (χ4v) is 4.67. The molecule has 2 aromatic carbocycles. The smallest absolute Gasteiger partial charge is 0.230 e. The second-order valence-electron chi connectivity index (χ2n) is 7.91. The van der Waals surface area contributed by atoms with Crippen molar-refractivity contribution in [2.24, 2.45) is 7.05 Å². The molecule has 1 atom stereocenters. The first-order valence-corrected chi connectivity index (χ1v) is 11.6. The summed E-state index contributed by atoms with van der Waals surface area (Å²) in [6, 6.07) is 14.3. The summed E-state index contributed by atoms with van der Waals surface area (Å²) in [6.45, 7) is 2.04. The van der Waals surface area contributed by atoms with E-state index in [1.54, 1.807) is 7.11 Å². The van der Waals surface area contributed by atoms with Gasteiger partial charge >= 0.3 is 0 Å². The Morgan fingerprint density at radius 1 is 1.13 bits per heavy atom. The Balaban J connectivity index is 1.35. The molecule has 3 aromatic rings. The van der Waals surface area contributed by atoms with Gasteiger partial charge in [-0.3, -0.25) is 4.79 Å². The van der Waals surface area contributed by atoms with E-state index >= 15 is 0 Å². The number of thioether (sulfide) groups is 1. The number of carbonyl (C=O) groups excluding carboxylic acids is 1. The SMILES string of the molecule is COc1ccc(-c2nnc(SCC(=O)N[C@@H](C)c3ccc4c(c3)CCCC4)n2C)cc1. The second kappa shape index (κ2) is 9.56. The van der Waals surface area contributed by atoms with Crippen LogP contribution in [0.15, 0.2) is 47.6 Å². The molecule has 162 valence electrons. The lowest BCUT2D eigenvalue weighted by molar-refractivity contribution is -0.119. The first kappa shape index (κ1) is 21.4. The molecule has 6 nitrogen and oxygen atoms in total. The number of benzene rings is 2. The number of fused-ring (bicyclic) bond motifs is 1. The van der Waals surface area contributed by atoms with Crippen LogP contribution in [-0.4, -0.2) is 33.5 Å². The van der Waals surface area contributed by atoms with Crippen LogP contribution in [0.25, 0.3) is 11.4 Å². The van der Waals surface area contributed by atoms with Crippen LogP contribution in [0.1, 0.15) is 42.5 Å². The molecule has 0 unspecified atom stereocenters. The zero-order valence-corrected chi connectivity index (χ0v) is 19.0. The molecule has 0 aliphatic heterocycles. The number of hydrogen-bond acceptors (Lipinski definition) is 5. The first-order valence-electron chi connectivity index (χ1n) is 10.6. The summed E-state index contributed by atoms with van der Waals surface area (Å²) in [5.74, 6) is 1.84. The van der Waals surface area contributed by atoms with Crippen LogP contribution in [0, 0.1) is 0 Å². The van der Waals surface area contributed by atoms with Crippen molar-refractivity contribution >= 4 is 17.7 Å². The predicted octanol–water partition coefficient (Wildman–Crippen LogP) is 4.34. The standard InChI is InChI=1S/C24H28N4O2S/c1-16(19-9-8-17-6-4-5-7-20(17)14-19)25-22(29)15-31-24-27-26-23(28(24)2)18-10-12-21(30-3)13-11-18/h8-14,16H,4-7,15H2,1-3H3,(H,25,29)/t16-/m0/s1. The molecule has 1 aliphatic carbocycles. The van der Waals surface area contributed by atoms with Crippen LogP contribution in [0.2, 0.25) is 0 Å². The lowest BCUT2D eigenvalue weighted by atomic mass is 9.89. The molecule has 1 N–H and O–H groups in total. The Morgan fingerprint density at radius 2 is 1.87 bits per heavy atom. The highest BCUT2D eigenvalue weighted by Crippen LogP contribution is 2.26. The van der Waals surface area contributed by atoms with Crippen molar-refractivity contribution in [3.8, 4) is 17.1 Å². The van der Waals surface area contributed by atoms with E-state index in [1.165, 1.54) is 47.7 Å². The average molecular weight is 437 g/mol. The molecule has 0 bridgehead atoms. The minimum atomic E-state index is -0.0188. The topological polar surface area (TPSA) is 69.0 Å². The van der Waals surface area contributed by atoms with Crippen LogP contribution in [0.3, 0.4) is 0 Å². The van der Waals surface area contributed by atoms with Crippen molar-refractivity contribution in [2.45, 2.75) is 43.8 Å². The molecule has 1 aromatic heterocycles.